The van der Waals surface area contributed by atoms with Crippen LogP contribution < -0.4 is 4.74 Å². The summed E-state index contributed by atoms with van der Waals surface area (Å²) in [6.45, 7) is 3.22. The van der Waals surface area contributed by atoms with Crippen molar-refractivity contribution in [1.82, 2.24) is 19.0 Å². The highest BCUT2D eigenvalue weighted by molar-refractivity contribution is 7.89. The number of aromatic nitrogens is 2. The van der Waals surface area contributed by atoms with Gasteiger partial charge in [-0.15, -0.1) is 0 Å². The number of fused-ring (bicyclic) bond motifs is 1. The second-order valence-corrected chi connectivity index (χ2v) is 7.39. The molecule has 22 heavy (non-hydrogen) atoms. The van der Waals surface area contributed by atoms with Crippen LogP contribution in [0.1, 0.15) is 17.4 Å². The lowest BCUT2D eigenvalue weighted by atomic mass is 10.3. The number of ether oxygens (including phenoxy) is 1. The highest BCUT2D eigenvalue weighted by Crippen LogP contribution is 2.25. The van der Waals surface area contributed by atoms with Gasteiger partial charge >= 0.3 is 0 Å². The Balaban J connectivity index is 1.71. The number of halogens is 1. The van der Waals surface area contributed by atoms with E-state index in [9.17, 15) is 17.6 Å². The molecule has 0 spiro atoms. The molecule has 1 aromatic heterocycles. The Morgan fingerprint density at radius 3 is 2.55 bits per heavy atom. The first-order valence-corrected chi connectivity index (χ1v) is 8.71. The maximum Gasteiger partial charge on any atom is 0.277 e. The fourth-order valence-electron chi connectivity index (χ4n) is 2.58. The van der Waals surface area contributed by atoms with Crippen LogP contribution in [0.15, 0.2) is 0 Å². The van der Waals surface area contributed by atoms with Gasteiger partial charge in [-0.1, -0.05) is 0 Å². The van der Waals surface area contributed by atoms with Gasteiger partial charge in [0.1, 0.15) is 6.61 Å². The Morgan fingerprint density at radius 1 is 1.27 bits per heavy atom. The predicted molar refractivity (Wildman–Crippen MR) is 74.6 cm³/mol. The molecule has 1 saturated heterocycles. The van der Waals surface area contributed by atoms with E-state index in [1.54, 1.807) is 6.92 Å². The van der Waals surface area contributed by atoms with Gasteiger partial charge in [-0.05, 0) is 6.92 Å². The molecule has 8 nitrogen and oxygen atoms in total. The maximum absolute atomic E-state index is 14.1. The first kappa shape index (κ1) is 15.2. The SMILES string of the molecule is CCS(=O)(=O)N1CCN(C(=O)c2nn3c(c2F)OCC3)CC1. The van der Waals surface area contributed by atoms with E-state index < -0.39 is 21.7 Å². The molecule has 3 rings (SSSR count). The minimum Gasteiger partial charge on any atom is -0.474 e. The first-order chi connectivity index (χ1) is 10.4. The summed E-state index contributed by atoms with van der Waals surface area (Å²) in [5, 5.41) is 3.94. The van der Waals surface area contributed by atoms with Gasteiger partial charge in [0, 0.05) is 26.2 Å². The van der Waals surface area contributed by atoms with Crippen LogP contribution in [0.2, 0.25) is 0 Å². The first-order valence-electron chi connectivity index (χ1n) is 7.10. The lowest BCUT2D eigenvalue weighted by Crippen LogP contribution is -2.51. The van der Waals surface area contributed by atoms with Crippen LogP contribution in [0.4, 0.5) is 4.39 Å². The van der Waals surface area contributed by atoms with E-state index in [1.807, 2.05) is 0 Å². The van der Waals surface area contributed by atoms with Crippen LogP contribution in [0, 0.1) is 5.82 Å². The van der Waals surface area contributed by atoms with Crippen LogP contribution in [0.3, 0.4) is 0 Å². The molecule has 122 valence electrons. The molecule has 0 atom stereocenters. The average molecular weight is 332 g/mol. The summed E-state index contributed by atoms with van der Waals surface area (Å²) in [4.78, 5) is 13.8. The van der Waals surface area contributed by atoms with Crippen LogP contribution >= 0.6 is 0 Å². The number of nitrogens with zero attached hydrogens (tertiary/aromatic N) is 4. The van der Waals surface area contributed by atoms with E-state index in [0.717, 1.165) is 0 Å². The van der Waals surface area contributed by atoms with Crippen LogP contribution in [0.5, 0.6) is 5.88 Å². The summed E-state index contributed by atoms with van der Waals surface area (Å²) in [5.74, 6) is -1.25. The zero-order chi connectivity index (χ0) is 15.9. The fourth-order valence-corrected chi connectivity index (χ4v) is 3.67. The topological polar surface area (TPSA) is 84.7 Å². The molecule has 3 heterocycles. The fraction of sp³-hybridized carbons (Fsp3) is 0.667. The molecule has 0 saturated carbocycles. The monoisotopic (exact) mass is 332 g/mol. The van der Waals surface area contributed by atoms with Gasteiger partial charge < -0.3 is 9.64 Å². The van der Waals surface area contributed by atoms with Crippen molar-refractivity contribution >= 4 is 15.9 Å². The summed E-state index contributed by atoms with van der Waals surface area (Å²) in [6, 6.07) is 0. The number of hydrogen-bond donors (Lipinski definition) is 0. The van der Waals surface area contributed by atoms with Crippen LogP contribution in [-0.4, -0.2) is 71.8 Å². The zero-order valence-electron chi connectivity index (χ0n) is 12.2. The van der Waals surface area contributed by atoms with Gasteiger partial charge in [-0.25, -0.2) is 13.1 Å². The molecule has 0 N–H and O–H groups in total. The van der Waals surface area contributed by atoms with Crippen molar-refractivity contribution in [2.24, 2.45) is 0 Å². The number of carbonyl (C=O) groups excluding carboxylic acids is 1. The molecule has 2 aliphatic rings. The van der Waals surface area contributed by atoms with Crippen LogP contribution in [-0.2, 0) is 16.6 Å². The third-order valence-corrected chi connectivity index (χ3v) is 5.76. The molecule has 0 aliphatic carbocycles. The molecular formula is C12H17FN4O4S. The van der Waals surface area contributed by atoms with Crippen molar-refractivity contribution in [2.45, 2.75) is 13.5 Å². The molecule has 2 aliphatic heterocycles. The van der Waals surface area contributed by atoms with E-state index in [-0.39, 0.29) is 43.5 Å². The summed E-state index contributed by atoms with van der Waals surface area (Å²) in [5.41, 5.74) is -0.263. The summed E-state index contributed by atoms with van der Waals surface area (Å²) in [6.07, 6.45) is 0. The quantitative estimate of drug-likeness (QED) is 0.746. The molecule has 0 unspecified atom stereocenters. The standard InChI is InChI=1S/C12H17FN4O4S/c1-2-22(19,20)16-5-3-15(4-6-16)11(18)10-9(13)12-17(14-10)7-8-21-12/h2-8H2,1H3. The van der Waals surface area contributed by atoms with Crippen molar-refractivity contribution in [1.29, 1.82) is 0 Å². The Kier molecular flexibility index (Phi) is 3.81. The van der Waals surface area contributed by atoms with Gasteiger partial charge in [0.2, 0.25) is 21.7 Å². The van der Waals surface area contributed by atoms with Gasteiger partial charge in [-0.2, -0.15) is 13.8 Å². The lowest BCUT2D eigenvalue weighted by molar-refractivity contribution is 0.0685. The predicted octanol–water partition coefficient (Wildman–Crippen LogP) is -0.478. The number of carbonyl (C=O) groups is 1. The van der Waals surface area contributed by atoms with Gasteiger partial charge in [0.15, 0.2) is 5.69 Å². The van der Waals surface area contributed by atoms with Crippen molar-refractivity contribution < 1.29 is 22.3 Å². The Labute approximate surface area is 127 Å². The van der Waals surface area contributed by atoms with E-state index in [1.165, 1.54) is 13.9 Å². The largest absolute Gasteiger partial charge is 0.474 e. The minimum atomic E-state index is -3.26. The number of hydrogen-bond acceptors (Lipinski definition) is 5. The zero-order valence-corrected chi connectivity index (χ0v) is 13.0. The smallest absolute Gasteiger partial charge is 0.277 e. The Bertz CT molecular complexity index is 694. The van der Waals surface area contributed by atoms with Crippen molar-refractivity contribution in [3.05, 3.63) is 11.5 Å². The number of rotatable bonds is 3. The van der Waals surface area contributed by atoms with Gasteiger partial charge in [-0.3, -0.25) is 4.79 Å². The highest BCUT2D eigenvalue weighted by atomic mass is 32.2. The van der Waals surface area contributed by atoms with Crippen molar-refractivity contribution in [3.63, 3.8) is 0 Å². The van der Waals surface area contributed by atoms with E-state index in [2.05, 4.69) is 5.10 Å². The van der Waals surface area contributed by atoms with E-state index >= 15 is 0 Å². The molecule has 1 amide bonds. The van der Waals surface area contributed by atoms with E-state index in [4.69, 9.17) is 4.74 Å². The van der Waals surface area contributed by atoms with E-state index in [0.29, 0.717) is 13.2 Å². The summed E-state index contributed by atoms with van der Waals surface area (Å²) in [7, 11) is -3.26. The van der Waals surface area contributed by atoms with Crippen molar-refractivity contribution in [3.8, 4) is 5.88 Å². The number of amides is 1. The molecule has 1 fully saturated rings. The van der Waals surface area contributed by atoms with Crippen molar-refractivity contribution in [2.75, 3.05) is 38.5 Å². The second kappa shape index (κ2) is 5.51. The lowest BCUT2D eigenvalue weighted by Gasteiger charge is -2.33. The summed E-state index contributed by atoms with van der Waals surface area (Å²) >= 11 is 0. The minimum absolute atomic E-state index is 0.00412. The Morgan fingerprint density at radius 2 is 1.95 bits per heavy atom. The molecule has 1 aromatic rings. The highest BCUT2D eigenvalue weighted by Gasteiger charge is 2.33. The molecule has 10 heteroatoms. The second-order valence-electron chi connectivity index (χ2n) is 5.13. The van der Waals surface area contributed by atoms with Gasteiger partial charge in [0.05, 0.1) is 12.3 Å². The van der Waals surface area contributed by atoms with Gasteiger partial charge in [0.25, 0.3) is 5.91 Å². The Hall–Kier alpha value is -1.68. The average Bonchev–Trinajstić information content (AvgIpc) is 3.10. The molecule has 0 radical (unpaired) electrons. The number of sulfonamides is 1. The third-order valence-electron chi connectivity index (χ3n) is 3.88. The third kappa shape index (κ3) is 2.45. The molecule has 0 bridgehead atoms. The number of piperazine rings is 1. The normalized spacial score (nSPS) is 19.1. The maximum atomic E-state index is 14.1. The summed E-state index contributed by atoms with van der Waals surface area (Å²) < 4.78 is 45.4. The molecular weight excluding hydrogens is 315 g/mol. The molecule has 0 aromatic carbocycles. The van der Waals surface area contributed by atoms with Crippen LogP contribution in [0.25, 0.3) is 0 Å².